The van der Waals surface area contributed by atoms with Gasteiger partial charge >= 0.3 is 0 Å². The number of aromatic hydroxyl groups is 1. The van der Waals surface area contributed by atoms with Crippen LogP contribution < -0.4 is 0 Å². The summed E-state index contributed by atoms with van der Waals surface area (Å²) in [6.45, 7) is 1.79. The highest BCUT2D eigenvalue weighted by Gasteiger charge is 2.08. The first-order valence-electron chi connectivity index (χ1n) is 5.53. The Labute approximate surface area is 101 Å². The van der Waals surface area contributed by atoms with Gasteiger partial charge in [-0.3, -0.25) is 4.79 Å². The molecule has 2 aromatic rings. The Hall–Kier alpha value is -2.09. The third-order valence-corrected chi connectivity index (χ3v) is 2.73. The fourth-order valence-corrected chi connectivity index (χ4v) is 1.71. The minimum Gasteiger partial charge on any atom is -0.508 e. The van der Waals surface area contributed by atoms with Crippen molar-refractivity contribution in [3.63, 3.8) is 0 Å². The Balaban J connectivity index is 2.18. The number of phenols is 1. The van der Waals surface area contributed by atoms with Gasteiger partial charge in [0, 0.05) is 12.0 Å². The van der Waals surface area contributed by atoms with E-state index in [1.54, 1.807) is 25.1 Å². The smallest absolute Gasteiger partial charge is 0.167 e. The molecule has 0 atom stereocenters. The van der Waals surface area contributed by atoms with E-state index in [9.17, 15) is 9.90 Å². The molecule has 2 nitrogen and oxygen atoms in total. The van der Waals surface area contributed by atoms with Gasteiger partial charge in [0.15, 0.2) is 5.78 Å². The minimum atomic E-state index is 0.0688. The van der Waals surface area contributed by atoms with E-state index in [2.05, 4.69) is 0 Å². The quantitative estimate of drug-likeness (QED) is 0.816. The number of Topliss-reactive ketones (excluding diaryl/α,β-unsaturated/α-hetero) is 1. The topological polar surface area (TPSA) is 37.3 Å². The van der Waals surface area contributed by atoms with E-state index in [0.29, 0.717) is 12.0 Å². The number of carbonyl (C=O) groups is 1. The second-order valence-electron chi connectivity index (χ2n) is 4.09. The number of carbonyl (C=O) groups excluding carboxylic acids is 1. The van der Waals surface area contributed by atoms with Crippen molar-refractivity contribution in [1.82, 2.24) is 0 Å². The van der Waals surface area contributed by atoms with Gasteiger partial charge in [-0.05, 0) is 36.2 Å². The summed E-state index contributed by atoms with van der Waals surface area (Å²) in [6, 6.07) is 14.6. The summed E-state index contributed by atoms with van der Waals surface area (Å²) >= 11 is 0. The lowest BCUT2D eigenvalue weighted by Crippen LogP contribution is -2.03. The van der Waals surface area contributed by atoms with Crippen LogP contribution in [0.15, 0.2) is 48.5 Å². The number of aryl methyl sites for hydroxylation is 1. The summed E-state index contributed by atoms with van der Waals surface area (Å²) in [5.41, 5.74) is 2.37. The van der Waals surface area contributed by atoms with E-state index in [-0.39, 0.29) is 11.5 Å². The Morgan fingerprint density at radius 2 is 1.82 bits per heavy atom. The Bertz CT molecular complexity index is 530. The zero-order valence-corrected chi connectivity index (χ0v) is 9.68. The SMILES string of the molecule is Cc1cc(C(=O)Cc2ccccc2)ccc1O. The van der Waals surface area contributed by atoms with Crippen molar-refractivity contribution in [1.29, 1.82) is 0 Å². The predicted molar refractivity (Wildman–Crippen MR) is 67.3 cm³/mol. The molecule has 2 aromatic carbocycles. The van der Waals surface area contributed by atoms with Gasteiger partial charge in [-0.2, -0.15) is 0 Å². The van der Waals surface area contributed by atoms with E-state index in [0.717, 1.165) is 11.1 Å². The first-order chi connectivity index (χ1) is 8.16. The summed E-state index contributed by atoms with van der Waals surface area (Å²) in [5.74, 6) is 0.292. The second kappa shape index (κ2) is 4.83. The van der Waals surface area contributed by atoms with E-state index >= 15 is 0 Å². The first-order valence-corrected chi connectivity index (χ1v) is 5.53. The molecule has 0 amide bonds. The zero-order valence-electron chi connectivity index (χ0n) is 9.68. The van der Waals surface area contributed by atoms with Gasteiger partial charge in [-0.25, -0.2) is 0 Å². The second-order valence-corrected chi connectivity index (χ2v) is 4.09. The first kappa shape index (κ1) is 11.4. The standard InChI is InChI=1S/C15H14O2/c1-11-9-13(7-8-14(11)16)15(17)10-12-5-3-2-4-6-12/h2-9,16H,10H2,1H3. The molecule has 2 heteroatoms. The molecule has 0 saturated heterocycles. The van der Waals surface area contributed by atoms with Gasteiger partial charge in [0.25, 0.3) is 0 Å². The molecule has 0 aliphatic carbocycles. The lowest BCUT2D eigenvalue weighted by Gasteiger charge is -2.04. The average molecular weight is 226 g/mol. The summed E-state index contributed by atoms with van der Waals surface area (Å²) in [5, 5.41) is 9.40. The molecule has 0 bridgehead atoms. The number of benzene rings is 2. The molecule has 17 heavy (non-hydrogen) atoms. The van der Waals surface area contributed by atoms with Crippen molar-refractivity contribution in [2.45, 2.75) is 13.3 Å². The Morgan fingerprint density at radius 1 is 1.12 bits per heavy atom. The summed E-state index contributed by atoms with van der Waals surface area (Å²) in [7, 11) is 0. The highest BCUT2D eigenvalue weighted by atomic mass is 16.3. The maximum Gasteiger partial charge on any atom is 0.167 e. The number of ketones is 1. The molecule has 0 aromatic heterocycles. The normalized spacial score (nSPS) is 10.2. The lowest BCUT2D eigenvalue weighted by atomic mass is 10.0. The van der Waals surface area contributed by atoms with E-state index in [1.165, 1.54) is 0 Å². The highest BCUT2D eigenvalue weighted by molar-refractivity contribution is 5.97. The van der Waals surface area contributed by atoms with Crippen molar-refractivity contribution < 1.29 is 9.90 Å². The van der Waals surface area contributed by atoms with Crippen LogP contribution in [0.4, 0.5) is 0 Å². The Morgan fingerprint density at radius 3 is 2.47 bits per heavy atom. The molecular weight excluding hydrogens is 212 g/mol. The summed E-state index contributed by atoms with van der Waals surface area (Å²) in [6.07, 6.45) is 0.394. The molecule has 0 radical (unpaired) electrons. The van der Waals surface area contributed by atoms with Crippen LogP contribution in [0.5, 0.6) is 5.75 Å². The predicted octanol–water partition coefficient (Wildman–Crippen LogP) is 3.13. The zero-order chi connectivity index (χ0) is 12.3. The van der Waals surface area contributed by atoms with Gasteiger partial charge in [0.05, 0.1) is 0 Å². The van der Waals surface area contributed by atoms with Gasteiger partial charge in [0.1, 0.15) is 5.75 Å². The van der Waals surface area contributed by atoms with E-state index in [1.807, 2.05) is 30.3 Å². The van der Waals surface area contributed by atoms with Gasteiger partial charge in [-0.15, -0.1) is 0 Å². The fourth-order valence-electron chi connectivity index (χ4n) is 1.71. The van der Waals surface area contributed by atoms with Gasteiger partial charge in [-0.1, -0.05) is 30.3 Å². The molecule has 0 spiro atoms. The number of hydrogen-bond donors (Lipinski definition) is 1. The van der Waals surface area contributed by atoms with Crippen molar-refractivity contribution in [3.8, 4) is 5.75 Å². The third kappa shape index (κ3) is 2.72. The molecule has 0 aliphatic rings. The summed E-state index contributed by atoms with van der Waals surface area (Å²) in [4.78, 5) is 12.0. The lowest BCUT2D eigenvalue weighted by molar-refractivity contribution is 0.0993. The maximum absolute atomic E-state index is 12.0. The van der Waals surface area contributed by atoms with E-state index < -0.39 is 0 Å². The molecule has 0 aliphatic heterocycles. The molecule has 86 valence electrons. The van der Waals surface area contributed by atoms with Crippen LogP contribution in [0.3, 0.4) is 0 Å². The molecule has 0 fully saturated rings. The largest absolute Gasteiger partial charge is 0.508 e. The highest BCUT2D eigenvalue weighted by Crippen LogP contribution is 2.18. The maximum atomic E-state index is 12.0. The van der Waals surface area contributed by atoms with Crippen molar-refractivity contribution >= 4 is 5.78 Å². The number of phenolic OH excluding ortho intramolecular Hbond substituents is 1. The molecule has 0 unspecified atom stereocenters. The van der Waals surface area contributed by atoms with Crippen molar-refractivity contribution in [3.05, 3.63) is 65.2 Å². The van der Waals surface area contributed by atoms with Crippen molar-refractivity contribution in [2.24, 2.45) is 0 Å². The van der Waals surface area contributed by atoms with Crippen molar-refractivity contribution in [2.75, 3.05) is 0 Å². The number of rotatable bonds is 3. The molecular formula is C15H14O2. The van der Waals surface area contributed by atoms with Gasteiger partial charge in [0.2, 0.25) is 0 Å². The third-order valence-electron chi connectivity index (χ3n) is 2.73. The monoisotopic (exact) mass is 226 g/mol. The van der Waals surface area contributed by atoms with Gasteiger partial charge < -0.3 is 5.11 Å². The van der Waals surface area contributed by atoms with Crippen LogP contribution in [0.2, 0.25) is 0 Å². The van der Waals surface area contributed by atoms with Crippen LogP contribution in [0, 0.1) is 6.92 Å². The van der Waals surface area contributed by atoms with Crippen LogP contribution in [-0.4, -0.2) is 10.9 Å². The number of hydrogen-bond acceptors (Lipinski definition) is 2. The van der Waals surface area contributed by atoms with Crippen LogP contribution in [0.25, 0.3) is 0 Å². The minimum absolute atomic E-state index is 0.0688. The van der Waals surface area contributed by atoms with Crippen LogP contribution >= 0.6 is 0 Å². The Kier molecular flexibility index (Phi) is 3.24. The molecule has 0 saturated carbocycles. The molecule has 1 N–H and O–H groups in total. The molecule has 2 rings (SSSR count). The average Bonchev–Trinajstić information content (AvgIpc) is 2.34. The fraction of sp³-hybridized carbons (Fsp3) is 0.133. The van der Waals surface area contributed by atoms with Crippen LogP contribution in [-0.2, 0) is 6.42 Å². The van der Waals surface area contributed by atoms with E-state index in [4.69, 9.17) is 0 Å². The van der Waals surface area contributed by atoms with Crippen LogP contribution in [0.1, 0.15) is 21.5 Å². The summed E-state index contributed by atoms with van der Waals surface area (Å²) < 4.78 is 0. The molecule has 0 heterocycles.